The molecule has 0 saturated carbocycles. The number of aromatic amines is 1. The minimum absolute atomic E-state index is 0.243. The molecule has 1 aromatic heterocycles. The fraction of sp³-hybridized carbons (Fsp3) is 0.308. The van der Waals surface area contributed by atoms with Crippen LogP contribution in [0.4, 0.5) is 0 Å². The van der Waals surface area contributed by atoms with Crippen molar-refractivity contribution in [1.82, 2.24) is 15.3 Å². The average molecular weight is 293 g/mol. The van der Waals surface area contributed by atoms with Crippen LogP contribution < -0.4 is 5.32 Å². The lowest BCUT2D eigenvalue weighted by Crippen LogP contribution is -2.34. The van der Waals surface area contributed by atoms with Gasteiger partial charge in [0.2, 0.25) is 5.91 Å². The highest BCUT2D eigenvalue weighted by molar-refractivity contribution is 8.00. The van der Waals surface area contributed by atoms with Gasteiger partial charge in [-0.2, -0.15) is 0 Å². The van der Waals surface area contributed by atoms with Crippen molar-refractivity contribution < 1.29 is 14.7 Å². The Bertz CT molecular complexity index is 593. The number of carbonyl (C=O) groups excluding carboxylic acids is 1. The third kappa shape index (κ3) is 3.51. The van der Waals surface area contributed by atoms with Gasteiger partial charge in [-0.05, 0) is 19.1 Å². The Kier molecular flexibility index (Phi) is 4.62. The summed E-state index contributed by atoms with van der Waals surface area (Å²) in [5.74, 6) is -1.30. The monoisotopic (exact) mass is 293 g/mol. The number of para-hydroxylation sites is 2. The van der Waals surface area contributed by atoms with Gasteiger partial charge in [0, 0.05) is 6.54 Å². The summed E-state index contributed by atoms with van der Waals surface area (Å²) in [6, 6.07) is 7.49. The minimum Gasteiger partial charge on any atom is -0.481 e. The molecule has 0 aliphatic rings. The zero-order valence-electron chi connectivity index (χ0n) is 10.9. The molecule has 0 radical (unpaired) electrons. The van der Waals surface area contributed by atoms with Gasteiger partial charge in [0.15, 0.2) is 5.16 Å². The van der Waals surface area contributed by atoms with E-state index in [1.54, 1.807) is 6.92 Å². The Labute approximate surface area is 120 Å². The molecule has 1 atom stereocenters. The molecule has 0 spiro atoms. The first-order chi connectivity index (χ1) is 9.60. The maximum atomic E-state index is 11.9. The van der Waals surface area contributed by atoms with Crippen molar-refractivity contribution in [2.24, 2.45) is 0 Å². The Morgan fingerprint density at radius 2 is 2.20 bits per heavy atom. The lowest BCUT2D eigenvalue weighted by molar-refractivity contribution is -0.138. The second-order valence-electron chi connectivity index (χ2n) is 4.16. The van der Waals surface area contributed by atoms with Gasteiger partial charge >= 0.3 is 5.97 Å². The van der Waals surface area contributed by atoms with E-state index in [2.05, 4.69) is 15.3 Å². The molecule has 1 heterocycles. The summed E-state index contributed by atoms with van der Waals surface area (Å²) in [5.41, 5.74) is 1.65. The van der Waals surface area contributed by atoms with E-state index >= 15 is 0 Å². The summed E-state index contributed by atoms with van der Waals surface area (Å²) < 4.78 is 0. The highest BCUT2D eigenvalue weighted by Crippen LogP contribution is 2.25. The second kappa shape index (κ2) is 6.42. The van der Waals surface area contributed by atoms with Gasteiger partial charge in [0.1, 0.15) is 5.25 Å². The van der Waals surface area contributed by atoms with Gasteiger partial charge in [-0.15, -0.1) is 0 Å². The average Bonchev–Trinajstić information content (AvgIpc) is 2.80. The number of benzene rings is 1. The van der Waals surface area contributed by atoms with Crippen molar-refractivity contribution in [3.8, 4) is 0 Å². The van der Waals surface area contributed by atoms with Gasteiger partial charge in [-0.25, -0.2) is 4.98 Å². The first-order valence-electron chi connectivity index (χ1n) is 6.21. The van der Waals surface area contributed by atoms with Crippen LogP contribution in [0.15, 0.2) is 29.4 Å². The molecule has 1 aromatic carbocycles. The molecule has 20 heavy (non-hydrogen) atoms. The van der Waals surface area contributed by atoms with Crippen LogP contribution in [0.25, 0.3) is 11.0 Å². The largest absolute Gasteiger partial charge is 0.481 e. The zero-order chi connectivity index (χ0) is 14.5. The summed E-state index contributed by atoms with van der Waals surface area (Å²) in [4.78, 5) is 30.1. The van der Waals surface area contributed by atoms with E-state index in [0.717, 1.165) is 22.8 Å². The molecule has 3 N–H and O–H groups in total. The molecule has 106 valence electrons. The molecule has 6 nitrogen and oxygen atoms in total. The SMILES string of the molecule is CCNC(=O)C(CC(=O)O)Sc1nc2ccccc2[nH]1. The number of H-pyrrole nitrogens is 1. The van der Waals surface area contributed by atoms with Crippen LogP contribution in [-0.4, -0.2) is 38.7 Å². The molecule has 0 saturated heterocycles. The Balaban J connectivity index is 2.17. The number of aromatic nitrogens is 2. The lowest BCUT2D eigenvalue weighted by Gasteiger charge is -2.12. The smallest absolute Gasteiger partial charge is 0.305 e. The van der Waals surface area contributed by atoms with Crippen molar-refractivity contribution >= 4 is 34.7 Å². The highest BCUT2D eigenvalue weighted by Gasteiger charge is 2.23. The van der Waals surface area contributed by atoms with Crippen LogP contribution >= 0.6 is 11.8 Å². The quantitative estimate of drug-likeness (QED) is 0.704. The molecule has 7 heteroatoms. The third-order valence-corrected chi connectivity index (χ3v) is 3.71. The van der Waals surface area contributed by atoms with Crippen LogP contribution in [0.5, 0.6) is 0 Å². The minimum atomic E-state index is -1.01. The third-order valence-electron chi connectivity index (χ3n) is 2.62. The number of hydrogen-bond donors (Lipinski definition) is 3. The number of hydrogen-bond acceptors (Lipinski definition) is 4. The number of rotatable bonds is 6. The topological polar surface area (TPSA) is 95.1 Å². The molecule has 0 aliphatic carbocycles. The Morgan fingerprint density at radius 3 is 2.85 bits per heavy atom. The first-order valence-corrected chi connectivity index (χ1v) is 7.09. The number of imidazole rings is 1. The van der Waals surface area contributed by atoms with E-state index in [9.17, 15) is 9.59 Å². The Hall–Kier alpha value is -2.02. The summed E-state index contributed by atoms with van der Waals surface area (Å²) in [5, 5.41) is 11.4. The zero-order valence-corrected chi connectivity index (χ0v) is 11.7. The van der Waals surface area contributed by atoms with E-state index in [4.69, 9.17) is 5.11 Å². The predicted molar refractivity (Wildman–Crippen MR) is 76.7 cm³/mol. The predicted octanol–water partition coefficient (Wildman–Crippen LogP) is 1.63. The van der Waals surface area contributed by atoms with Gasteiger partial charge in [0.05, 0.1) is 17.5 Å². The summed E-state index contributed by atoms with van der Waals surface area (Å²) >= 11 is 1.13. The Morgan fingerprint density at radius 1 is 1.45 bits per heavy atom. The molecule has 1 amide bonds. The first kappa shape index (κ1) is 14.4. The molecular weight excluding hydrogens is 278 g/mol. The molecule has 2 aromatic rings. The van der Waals surface area contributed by atoms with Gasteiger partial charge in [0.25, 0.3) is 0 Å². The number of amides is 1. The van der Waals surface area contributed by atoms with E-state index in [0.29, 0.717) is 11.7 Å². The van der Waals surface area contributed by atoms with Crippen LogP contribution in [-0.2, 0) is 9.59 Å². The maximum absolute atomic E-state index is 11.9. The van der Waals surface area contributed by atoms with E-state index in [-0.39, 0.29) is 12.3 Å². The number of carboxylic acid groups (broad SMARTS) is 1. The molecule has 1 unspecified atom stereocenters. The normalized spacial score (nSPS) is 12.2. The number of aliphatic carboxylic acids is 1. The van der Waals surface area contributed by atoms with Crippen LogP contribution in [0.1, 0.15) is 13.3 Å². The number of carboxylic acids is 1. The van der Waals surface area contributed by atoms with Crippen LogP contribution in [0.3, 0.4) is 0 Å². The second-order valence-corrected chi connectivity index (χ2v) is 5.35. The van der Waals surface area contributed by atoms with E-state index < -0.39 is 11.2 Å². The van der Waals surface area contributed by atoms with Crippen molar-refractivity contribution in [3.05, 3.63) is 24.3 Å². The van der Waals surface area contributed by atoms with Crippen molar-refractivity contribution in [2.75, 3.05) is 6.54 Å². The maximum Gasteiger partial charge on any atom is 0.305 e. The standard InChI is InChI=1S/C13H15N3O3S/c1-2-14-12(19)10(7-11(17)18)20-13-15-8-5-3-4-6-9(8)16-13/h3-6,10H,2,7H2,1H3,(H,14,19)(H,15,16)(H,17,18). The van der Waals surface area contributed by atoms with Crippen molar-refractivity contribution in [2.45, 2.75) is 23.8 Å². The van der Waals surface area contributed by atoms with Crippen molar-refractivity contribution in [3.63, 3.8) is 0 Å². The van der Waals surface area contributed by atoms with Gasteiger partial charge in [-0.1, -0.05) is 23.9 Å². The van der Waals surface area contributed by atoms with Crippen LogP contribution in [0.2, 0.25) is 0 Å². The summed E-state index contributed by atoms with van der Waals surface area (Å²) in [7, 11) is 0. The van der Waals surface area contributed by atoms with Gasteiger partial charge in [-0.3, -0.25) is 9.59 Å². The van der Waals surface area contributed by atoms with Gasteiger partial charge < -0.3 is 15.4 Å². The number of carbonyl (C=O) groups is 2. The fourth-order valence-corrected chi connectivity index (χ4v) is 2.76. The van der Waals surface area contributed by atoms with E-state index in [1.807, 2.05) is 24.3 Å². The number of nitrogens with zero attached hydrogens (tertiary/aromatic N) is 1. The number of nitrogens with one attached hydrogen (secondary N) is 2. The molecular formula is C13H15N3O3S. The molecule has 0 aliphatic heterocycles. The van der Waals surface area contributed by atoms with Crippen molar-refractivity contribution in [1.29, 1.82) is 0 Å². The number of fused-ring (bicyclic) bond motifs is 1. The number of thioether (sulfide) groups is 1. The summed E-state index contributed by atoms with van der Waals surface area (Å²) in [6.07, 6.45) is -0.243. The molecule has 0 bridgehead atoms. The lowest BCUT2D eigenvalue weighted by atomic mass is 10.3. The molecule has 2 rings (SSSR count). The van der Waals surface area contributed by atoms with Crippen LogP contribution in [0, 0.1) is 0 Å². The summed E-state index contributed by atoms with van der Waals surface area (Å²) in [6.45, 7) is 2.26. The highest BCUT2D eigenvalue weighted by atomic mass is 32.2. The van der Waals surface area contributed by atoms with E-state index in [1.165, 1.54) is 0 Å². The fourth-order valence-electron chi connectivity index (χ4n) is 1.75. The molecule has 0 fully saturated rings.